The predicted octanol–water partition coefficient (Wildman–Crippen LogP) is 2.75. The quantitative estimate of drug-likeness (QED) is 0.559. The van der Waals surface area contributed by atoms with Crippen molar-refractivity contribution in [1.29, 1.82) is 0 Å². The van der Waals surface area contributed by atoms with Crippen LogP contribution in [0.1, 0.15) is 39.5 Å². The fourth-order valence-corrected chi connectivity index (χ4v) is 3.53. The number of ketones is 1. The Labute approximate surface area is 109 Å². The Bertz CT molecular complexity index is 383. The van der Waals surface area contributed by atoms with Gasteiger partial charge in [0.15, 0.2) is 0 Å². The summed E-state index contributed by atoms with van der Waals surface area (Å²) in [6, 6.07) is 0. The first-order valence-electron chi connectivity index (χ1n) is 6.82. The van der Waals surface area contributed by atoms with E-state index in [1.807, 2.05) is 6.92 Å². The number of methoxy groups -OCH3 is 1. The minimum atomic E-state index is -0.148. The molecule has 0 N–H and O–H groups in total. The number of esters is 1. The lowest BCUT2D eigenvalue weighted by molar-refractivity contribution is -0.149. The summed E-state index contributed by atoms with van der Waals surface area (Å²) < 4.78 is 4.85. The van der Waals surface area contributed by atoms with Gasteiger partial charge in [-0.1, -0.05) is 18.6 Å². The van der Waals surface area contributed by atoms with E-state index < -0.39 is 0 Å². The van der Waals surface area contributed by atoms with Gasteiger partial charge in [-0.15, -0.1) is 0 Å². The second-order valence-electron chi connectivity index (χ2n) is 5.72. The molecule has 0 amide bonds. The molecule has 0 saturated heterocycles. The number of carbonyl (C=O) groups is 2. The van der Waals surface area contributed by atoms with Crippen molar-refractivity contribution >= 4 is 11.8 Å². The van der Waals surface area contributed by atoms with Crippen LogP contribution in [0.2, 0.25) is 0 Å². The smallest absolute Gasteiger partial charge is 0.308 e. The molecule has 3 nitrogen and oxygen atoms in total. The maximum atomic E-state index is 12.0. The summed E-state index contributed by atoms with van der Waals surface area (Å²) >= 11 is 0. The molecule has 0 aliphatic heterocycles. The molecule has 0 heterocycles. The van der Waals surface area contributed by atoms with Gasteiger partial charge in [-0.05, 0) is 38.0 Å². The van der Waals surface area contributed by atoms with Gasteiger partial charge in [-0.25, -0.2) is 0 Å². The van der Waals surface area contributed by atoms with Crippen molar-refractivity contribution < 1.29 is 14.3 Å². The van der Waals surface area contributed by atoms with Gasteiger partial charge in [0.2, 0.25) is 0 Å². The van der Waals surface area contributed by atoms with Crippen LogP contribution in [0, 0.1) is 23.7 Å². The Hall–Kier alpha value is -1.12. The molecule has 0 spiro atoms. The Morgan fingerprint density at radius 1 is 1.39 bits per heavy atom. The summed E-state index contributed by atoms with van der Waals surface area (Å²) in [4.78, 5) is 23.7. The fraction of sp³-hybridized carbons (Fsp3) is 0.733. The highest BCUT2D eigenvalue weighted by atomic mass is 16.5. The van der Waals surface area contributed by atoms with Crippen LogP contribution in [-0.2, 0) is 14.3 Å². The molecule has 0 unspecified atom stereocenters. The van der Waals surface area contributed by atoms with Crippen LogP contribution in [0.3, 0.4) is 0 Å². The highest BCUT2D eigenvalue weighted by Gasteiger charge is 2.42. The fourth-order valence-electron chi connectivity index (χ4n) is 3.53. The SMILES string of the molecule is COC(=O)[C@H](C)[C@@H]1CCC(=O)[C@@H]2CCC(C)=C[C@@H]12. The van der Waals surface area contributed by atoms with Gasteiger partial charge in [0, 0.05) is 12.3 Å². The van der Waals surface area contributed by atoms with Crippen molar-refractivity contribution in [2.24, 2.45) is 23.7 Å². The summed E-state index contributed by atoms with van der Waals surface area (Å²) in [5.74, 6) is 0.767. The van der Waals surface area contributed by atoms with Crippen LogP contribution < -0.4 is 0 Å². The van der Waals surface area contributed by atoms with Gasteiger partial charge >= 0.3 is 5.97 Å². The first kappa shape index (κ1) is 13.3. The van der Waals surface area contributed by atoms with Crippen LogP contribution in [0.4, 0.5) is 0 Å². The largest absolute Gasteiger partial charge is 0.469 e. The molecule has 0 bridgehead atoms. The normalized spacial score (nSPS) is 33.4. The molecule has 1 saturated carbocycles. The van der Waals surface area contributed by atoms with Crippen LogP contribution in [0.25, 0.3) is 0 Å². The van der Waals surface area contributed by atoms with Gasteiger partial charge in [0.05, 0.1) is 13.0 Å². The molecule has 4 atom stereocenters. The number of hydrogen-bond donors (Lipinski definition) is 0. The molecule has 2 aliphatic carbocycles. The standard InChI is InChI=1S/C15H22O3/c1-9-4-5-12-13(8-9)11(6-7-14(12)16)10(2)15(17)18-3/h8,10-13H,4-7H2,1-3H3/t10-,11+,12-,13+/m1/s1. The molecule has 18 heavy (non-hydrogen) atoms. The van der Waals surface area contributed by atoms with Gasteiger partial charge < -0.3 is 4.74 Å². The van der Waals surface area contributed by atoms with Gasteiger partial charge in [0.1, 0.15) is 5.78 Å². The van der Waals surface area contributed by atoms with Crippen molar-refractivity contribution in [3.05, 3.63) is 11.6 Å². The molecule has 0 aromatic heterocycles. The third kappa shape index (κ3) is 2.36. The highest BCUT2D eigenvalue weighted by Crippen LogP contribution is 2.43. The monoisotopic (exact) mass is 250 g/mol. The average Bonchev–Trinajstić information content (AvgIpc) is 2.37. The van der Waals surface area contributed by atoms with Crippen molar-refractivity contribution in [2.75, 3.05) is 7.11 Å². The van der Waals surface area contributed by atoms with Crippen molar-refractivity contribution in [2.45, 2.75) is 39.5 Å². The third-order valence-electron chi connectivity index (χ3n) is 4.64. The zero-order valence-electron chi connectivity index (χ0n) is 11.4. The Morgan fingerprint density at radius 3 is 2.78 bits per heavy atom. The van der Waals surface area contributed by atoms with Gasteiger partial charge in [-0.2, -0.15) is 0 Å². The zero-order valence-corrected chi connectivity index (χ0v) is 11.4. The third-order valence-corrected chi connectivity index (χ3v) is 4.64. The van der Waals surface area contributed by atoms with Crippen LogP contribution in [-0.4, -0.2) is 18.9 Å². The maximum Gasteiger partial charge on any atom is 0.308 e. The molecular weight excluding hydrogens is 228 g/mol. The minimum absolute atomic E-state index is 0.113. The van der Waals surface area contributed by atoms with Gasteiger partial charge in [0.25, 0.3) is 0 Å². The van der Waals surface area contributed by atoms with E-state index in [-0.39, 0.29) is 29.6 Å². The molecule has 0 radical (unpaired) electrons. The number of fused-ring (bicyclic) bond motifs is 1. The molecule has 2 aliphatic rings. The number of rotatable bonds is 2. The first-order chi connectivity index (χ1) is 8.54. The molecule has 1 fully saturated rings. The van der Waals surface area contributed by atoms with Crippen LogP contribution in [0.15, 0.2) is 11.6 Å². The van der Waals surface area contributed by atoms with Crippen molar-refractivity contribution in [3.63, 3.8) is 0 Å². The van der Waals surface area contributed by atoms with Crippen LogP contribution in [0.5, 0.6) is 0 Å². The van der Waals surface area contributed by atoms with Crippen molar-refractivity contribution in [3.8, 4) is 0 Å². The van der Waals surface area contributed by atoms with Crippen molar-refractivity contribution in [1.82, 2.24) is 0 Å². The summed E-state index contributed by atoms with van der Waals surface area (Å²) in [5.41, 5.74) is 1.35. The number of hydrogen-bond acceptors (Lipinski definition) is 3. The van der Waals surface area contributed by atoms with Gasteiger partial charge in [-0.3, -0.25) is 9.59 Å². The summed E-state index contributed by atoms with van der Waals surface area (Å²) in [7, 11) is 1.44. The Kier molecular flexibility index (Phi) is 3.88. The average molecular weight is 250 g/mol. The molecule has 100 valence electrons. The Balaban J connectivity index is 2.22. The lowest BCUT2D eigenvalue weighted by atomic mass is 9.63. The van der Waals surface area contributed by atoms with E-state index in [0.717, 1.165) is 19.3 Å². The summed E-state index contributed by atoms with van der Waals surface area (Å²) in [5, 5.41) is 0. The van der Waals surface area contributed by atoms with E-state index in [1.54, 1.807) is 0 Å². The van der Waals surface area contributed by atoms with E-state index in [2.05, 4.69) is 13.0 Å². The summed E-state index contributed by atoms with van der Waals surface area (Å²) in [6.07, 6.45) is 5.65. The molecule has 3 heteroatoms. The Morgan fingerprint density at radius 2 is 2.11 bits per heavy atom. The number of Topliss-reactive ketones (excluding diaryl/α,β-unsaturated/α-hetero) is 1. The summed E-state index contributed by atoms with van der Waals surface area (Å²) in [6.45, 7) is 4.05. The molecular formula is C15H22O3. The topological polar surface area (TPSA) is 43.4 Å². The predicted molar refractivity (Wildman–Crippen MR) is 68.9 cm³/mol. The highest BCUT2D eigenvalue weighted by molar-refractivity contribution is 5.83. The second-order valence-corrected chi connectivity index (χ2v) is 5.72. The van der Waals surface area contributed by atoms with E-state index in [1.165, 1.54) is 12.7 Å². The van der Waals surface area contributed by atoms with E-state index >= 15 is 0 Å². The van der Waals surface area contributed by atoms with E-state index in [9.17, 15) is 9.59 Å². The molecule has 0 aromatic carbocycles. The van der Waals surface area contributed by atoms with E-state index in [0.29, 0.717) is 12.2 Å². The van der Waals surface area contributed by atoms with E-state index in [4.69, 9.17) is 4.74 Å². The molecule has 0 aromatic rings. The first-order valence-corrected chi connectivity index (χ1v) is 6.82. The second kappa shape index (κ2) is 5.25. The molecule has 2 rings (SSSR count). The maximum absolute atomic E-state index is 12.0. The lowest BCUT2D eigenvalue weighted by Crippen LogP contribution is -2.40. The number of carbonyl (C=O) groups excluding carboxylic acids is 2. The minimum Gasteiger partial charge on any atom is -0.469 e. The lowest BCUT2D eigenvalue weighted by Gasteiger charge is -2.40. The van der Waals surface area contributed by atoms with Crippen LogP contribution >= 0.6 is 0 Å². The number of ether oxygens (including phenoxy) is 1. The number of allylic oxidation sites excluding steroid dienone is 2. The zero-order chi connectivity index (χ0) is 13.3.